The van der Waals surface area contributed by atoms with E-state index < -0.39 is 0 Å². The molecular weight excluding hydrogens is 340 g/mol. The van der Waals surface area contributed by atoms with Gasteiger partial charge in [-0.3, -0.25) is 4.68 Å². The zero-order chi connectivity index (χ0) is 20.2. The summed E-state index contributed by atoms with van der Waals surface area (Å²) in [5, 5.41) is 11.3. The fourth-order valence-corrected chi connectivity index (χ4v) is 2.90. The molecule has 2 aromatic heterocycles. The lowest BCUT2D eigenvalue weighted by Crippen LogP contribution is -2.43. The molecule has 0 aromatic carbocycles. The normalized spacial score (nSPS) is 13.7. The van der Waals surface area contributed by atoms with Crippen LogP contribution in [0.25, 0.3) is 0 Å². The van der Waals surface area contributed by atoms with Crippen LogP contribution < -0.4 is 10.6 Å². The zero-order valence-electron chi connectivity index (χ0n) is 18.0. The van der Waals surface area contributed by atoms with E-state index in [1.54, 1.807) is 6.20 Å². The van der Waals surface area contributed by atoms with Gasteiger partial charge in [0.2, 0.25) is 5.89 Å². The quantitative estimate of drug-likeness (QED) is 0.600. The number of aliphatic imine (C=N–C) groups is 1. The first kappa shape index (κ1) is 21.0. The summed E-state index contributed by atoms with van der Waals surface area (Å²) in [5.74, 6) is 2.27. The third-order valence-corrected chi connectivity index (χ3v) is 4.56. The van der Waals surface area contributed by atoms with Gasteiger partial charge >= 0.3 is 0 Å². The molecule has 2 aromatic rings. The van der Waals surface area contributed by atoms with Gasteiger partial charge in [-0.15, -0.1) is 0 Å². The number of aryl methyl sites for hydroxylation is 2. The standard InChI is InChI=1S/C20H34N6O/c1-9-21-19(23-12-18-22-11-17(27-18)20(5,6)7)24-13(2)10-16-14(3)25-26(8)15(16)4/h11,13H,9-10,12H2,1-8H3,(H2,21,23,24). The van der Waals surface area contributed by atoms with E-state index in [1.807, 2.05) is 11.7 Å². The Labute approximate surface area is 162 Å². The van der Waals surface area contributed by atoms with Gasteiger partial charge in [-0.1, -0.05) is 20.8 Å². The van der Waals surface area contributed by atoms with Crippen LogP contribution in [-0.4, -0.2) is 33.3 Å². The fourth-order valence-electron chi connectivity index (χ4n) is 2.90. The Morgan fingerprint density at radius 2 is 2.04 bits per heavy atom. The van der Waals surface area contributed by atoms with E-state index in [9.17, 15) is 0 Å². The molecule has 2 heterocycles. The van der Waals surface area contributed by atoms with Gasteiger partial charge in [0.25, 0.3) is 0 Å². The van der Waals surface area contributed by atoms with Gasteiger partial charge in [-0.25, -0.2) is 9.98 Å². The third kappa shape index (κ3) is 5.58. The SMILES string of the molecule is CCNC(=NCc1ncc(C(C)(C)C)o1)NC(C)Cc1c(C)nn(C)c1C. The first-order valence-corrected chi connectivity index (χ1v) is 9.61. The number of guanidine groups is 1. The van der Waals surface area contributed by atoms with E-state index in [2.05, 4.69) is 74.2 Å². The molecule has 0 bridgehead atoms. The molecule has 0 aliphatic rings. The van der Waals surface area contributed by atoms with Crippen molar-refractivity contribution in [3.8, 4) is 0 Å². The first-order chi connectivity index (χ1) is 12.6. The second-order valence-corrected chi connectivity index (χ2v) is 8.09. The van der Waals surface area contributed by atoms with Crippen molar-refractivity contribution in [2.75, 3.05) is 6.54 Å². The second kappa shape index (κ2) is 8.59. The third-order valence-electron chi connectivity index (χ3n) is 4.56. The summed E-state index contributed by atoms with van der Waals surface area (Å²) in [6.45, 7) is 15.9. The Kier molecular flexibility index (Phi) is 6.68. The van der Waals surface area contributed by atoms with E-state index in [1.165, 1.54) is 11.3 Å². The van der Waals surface area contributed by atoms with E-state index >= 15 is 0 Å². The molecule has 7 heteroatoms. The van der Waals surface area contributed by atoms with E-state index in [-0.39, 0.29) is 11.5 Å². The molecule has 1 unspecified atom stereocenters. The molecule has 2 rings (SSSR count). The maximum absolute atomic E-state index is 5.83. The first-order valence-electron chi connectivity index (χ1n) is 9.61. The highest BCUT2D eigenvalue weighted by Crippen LogP contribution is 2.22. The lowest BCUT2D eigenvalue weighted by atomic mass is 9.94. The summed E-state index contributed by atoms with van der Waals surface area (Å²) < 4.78 is 7.76. The molecule has 0 spiro atoms. The Morgan fingerprint density at radius 3 is 2.56 bits per heavy atom. The van der Waals surface area contributed by atoms with Crippen molar-refractivity contribution in [3.63, 3.8) is 0 Å². The highest BCUT2D eigenvalue weighted by molar-refractivity contribution is 5.80. The molecular formula is C20H34N6O. The van der Waals surface area contributed by atoms with Gasteiger partial charge in [0.15, 0.2) is 5.96 Å². The minimum Gasteiger partial charge on any atom is -0.443 e. The number of hydrogen-bond acceptors (Lipinski definition) is 4. The lowest BCUT2D eigenvalue weighted by Gasteiger charge is -2.18. The van der Waals surface area contributed by atoms with Gasteiger partial charge in [-0.2, -0.15) is 5.10 Å². The predicted molar refractivity (Wildman–Crippen MR) is 109 cm³/mol. The minimum absolute atomic E-state index is 0.0499. The molecule has 0 saturated heterocycles. The maximum atomic E-state index is 5.83. The monoisotopic (exact) mass is 374 g/mol. The number of nitrogens with one attached hydrogen (secondary N) is 2. The summed E-state index contributed by atoms with van der Waals surface area (Å²) in [7, 11) is 1.98. The van der Waals surface area contributed by atoms with Crippen molar-refractivity contribution in [3.05, 3.63) is 34.8 Å². The van der Waals surface area contributed by atoms with Crippen molar-refractivity contribution < 1.29 is 4.42 Å². The Hall–Kier alpha value is -2.31. The second-order valence-electron chi connectivity index (χ2n) is 8.09. The molecule has 2 N–H and O–H groups in total. The predicted octanol–water partition coefficient (Wildman–Crippen LogP) is 3.01. The average molecular weight is 375 g/mol. The van der Waals surface area contributed by atoms with Crippen LogP contribution in [0.1, 0.15) is 63.2 Å². The summed E-state index contributed by atoms with van der Waals surface area (Å²) >= 11 is 0. The Bertz CT molecular complexity index is 781. The highest BCUT2D eigenvalue weighted by Gasteiger charge is 2.19. The van der Waals surface area contributed by atoms with Gasteiger partial charge in [0, 0.05) is 30.7 Å². The molecule has 150 valence electrons. The van der Waals surface area contributed by atoms with Crippen LogP contribution in [0.2, 0.25) is 0 Å². The van der Waals surface area contributed by atoms with Crippen LogP contribution in [0.15, 0.2) is 15.6 Å². The summed E-state index contributed by atoms with van der Waals surface area (Å²) in [6, 6.07) is 0.221. The molecule has 0 amide bonds. The number of rotatable bonds is 6. The maximum Gasteiger partial charge on any atom is 0.216 e. The number of nitrogens with zero attached hydrogens (tertiary/aromatic N) is 4. The van der Waals surface area contributed by atoms with Crippen LogP contribution >= 0.6 is 0 Å². The summed E-state index contributed by atoms with van der Waals surface area (Å²) in [5.41, 5.74) is 3.53. The zero-order valence-corrected chi connectivity index (χ0v) is 18.0. The lowest BCUT2D eigenvalue weighted by molar-refractivity contribution is 0.383. The van der Waals surface area contributed by atoms with Crippen LogP contribution in [0, 0.1) is 13.8 Å². The van der Waals surface area contributed by atoms with E-state index in [4.69, 9.17) is 4.42 Å². The van der Waals surface area contributed by atoms with Crippen molar-refractivity contribution in [1.82, 2.24) is 25.4 Å². The van der Waals surface area contributed by atoms with E-state index in [0.717, 1.165) is 30.4 Å². The molecule has 0 aliphatic carbocycles. The summed E-state index contributed by atoms with van der Waals surface area (Å²) in [6.07, 6.45) is 2.69. The largest absolute Gasteiger partial charge is 0.443 e. The van der Waals surface area contributed by atoms with Crippen molar-refractivity contribution in [2.45, 2.75) is 72.9 Å². The molecule has 27 heavy (non-hydrogen) atoms. The van der Waals surface area contributed by atoms with Crippen LogP contribution in [-0.2, 0) is 25.4 Å². The van der Waals surface area contributed by atoms with Gasteiger partial charge in [0.1, 0.15) is 12.3 Å². The smallest absolute Gasteiger partial charge is 0.216 e. The minimum atomic E-state index is -0.0499. The van der Waals surface area contributed by atoms with Crippen molar-refractivity contribution >= 4 is 5.96 Å². The van der Waals surface area contributed by atoms with Crippen LogP contribution in [0.4, 0.5) is 0 Å². The van der Waals surface area contributed by atoms with Gasteiger partial charge < -0.3 is 15.1 Å². The summed E-state index contributed by atoms with van der Waals surface area (Å²) in [4.78, 5) is 8.98. The van der Waals surface area contributed by atoms with Crippen molar-refractivity contribution in [1.29, 1.82) is 0 Å². The topological polar surface area (TPSA) is 80.3 Å². The Morgan fingerprint density at radius 1 is 1.33 bits per heavy atom. The van der Waals surface area contributed by atoms with Gasteiger partial charge in [-0.05, 0) is 39.7 Å². The van der Waals surface area contributed by atoms with E-state index in [0.29, 0.717) is 12.4 Å². The molecule has 0 saturated carbocycles. The number of oxazole rings is 1. The van der Waals surface area contributed by atoms with Gasteiger partial charge in [0.05, 0.1) is 11.9 Å². The molecule has 0 fully saturated rings. The molecule has 1 atom stereocenters. The Balaban J connectivity index is 2.03. The fraction of sp³-hybridized carbons (Fsp3) is 0.650. The van der Waals surface area contributed by atoms with Crippen LogP contribution in [0.3, 0.4) is 0 Å². The number of hydrogen-bond donors (Lipinski definition) is 2. The average Bonchev–Trinajstić information content (AvgIpc) is 3.14. The molecule has 0 aliphatic heterocycles. The number of aromatic nitrogens is 3. The van der Waals surface area contributed by atoms with Crippen molar-refractivity contribution in [2.24, 2.45) is 12.0 Å². The molecule has 7 nitrogen and oxygen atoms in total. The highest BCUT2D eigenvalue weighted by atomic mass is 16.4. The van der Waals surface area contributed by atoms with Crippen LogP contribution in [0.5, 0.6) is 0 Å². The molecule has 0 radical (unpaired) electrons.